The lowest BCUT2D eigenvalue weighted by Gasteiger charge is -2.06. The molecule has 0 spiro atoms. The highest BCUT2D eigenvalue weighted by Crippen LogP contribution is 2.25. The minimum atomic E-state index is 0.854. The van der Waals surface area contributed by atoms with Crippen LogP contribution in [0.15, 0.2) is 40.5 Å². The van der Waals surface area contributed by atoms with E-state index in [1.165, 1.54) is 0 Å². The van der Waals surface area contributed by atoms with Crippen LogP contribution in [0.1, 0.15) is 19.2 Å². The Labute approximate surface area is 111 Å². The van der Waals surface area contributed by atoms with Crippen LogP contribution in [-0.4, -0.2) is 22.0 Å². The topological polar surface area (TPSA) is 50.7 Å². The summed E-state index contributed by atoms with van der Waals surface area (Å²) >= 11 is 1.55. The highest BCUT2D eigenvalue weighted by molar-refractivity contribution is 7.99. The molecule has 0 atom stereocenters. The van der Waals surface area contributed by atoms with E-state index >= 15 is 0 Å². The number of hydrogen-bond acceptors (Lipinski definition) is 5. The van der Waals surface area contributed by atoms with Crippen molar-refractivity contribution in [3.63, 3.8) is 0 Å². The highest BCUT2D eigenvalue weighted by atomic mass is 32.2. The van der Waals surface area contributed by atoms with Crippen molar-refractivity contribution >= 4 is 17.6 Å². The van der Waals surface area contributed by atoms with Gasteiger partial charge in [0, 0.05) is 25.7 Å². The predicted molar refractivity (Wildman–Crippen MR) is 73.9 cm³/mol. The van der Waals surface area contributed by atoms with Crippen LogP contribution in [0.5, 0.6) is 0 Å². The van der Waals surface area contributed by atoms with Gasteiger partial charge < -0.3 is 5.32 Å². The highest BCUT2D eigenvalue weighted by Gasteiger charge is 2.05. The lowest BCUT2D eigenvalue weighted by atomic mass is 10.3. The van der Waals surface area contributed by atoms with E-state index in [-0.39, 0.29) is 0 Å². The number of aromatic nitrogens is 3. The maximum Gasteiger partial charge on any atom is 0.132 e. The van der Waals surface area contributed by atoms with E-state index in [0.717, 1.165) is 34.5 Å². The van der Waals surface area contributed by atoms with E-state index in [9.17, 15) is 0 Å². The Hall–Kier alpha value is -1.62. The van der Waals surface area contributed by atoms with Crippen molar-refractivity contribution in [1.29, 1.82) is 0 Å². The van der Waals surface area contributed by atoms with Crippen molar-refractivity contribution < 1.29 is 0 Å². The standard InChI is InChI=1S/C13H16N4S/c1-3-6-10-16-11(14-2)9-13(17-10)18-12-7-4-5-8-15-12/h4-5,7-9H,3,6H2,1-2H3,(H,14,16,17). The largest absolute Gasteiger partial charge is 0.373 e. The fourth-order valence-electron chi connectivity index (χ4n) is 1.50. The first-order chi connectivity index (χ1) is 8.81. The molecular weight excluding hydrogens is 244 g/mol. The quantitative estimate of drug-likeness (QED) is 0.837. The lowest BCUT2D eigenvalue weighted by molar-refractivity contribution is 0.811. The molecule has 0 aliphatic rings. The minimum absolute atomic E-state index is 0.854. The molecule has 1 N–H and O–H groups in total. The van der Waals surface area contributed by atoms with Crippen LogP contribution >= 0.6 is 11.8 Å². The molecule has 0 aliphatic heterocycles. The van der Waals surface area contributed by atoms with E-state index in [1.807, 2.05) is 31.3 Å². The molecule has 0 unspecified atom stereocenters. The molecule has 2 rings (SSSR count). The SMILES string of the molecule is CCCc1nc(NC)cc(Sc2ccccn2)n1. The van der Waals surface area contributed by atoms with Crippen LogP contribution in [0.25, 0.3) is 0 Å². The zero-order valence-electron chi connectivity index (χ0n) is 10.6. The first kappa shape index (κ1) is 12.8. The maximum absolute atomic E-state index is 4.54. The molecule has 4 nitrogen and oxygen atoms in total. The Kier molecular flexibility index (Phi) is 4.52. The molecule has 0 saturated heterocycles. The van der Waals surface area contributed by atoms with Crippen molar-refractivity contribution in [2.45, 2.75) is 29.8 Å². The average Bonchev–Trinajstić information content (AvgIpc) is 2.40. The molecule has 94 valence electrons. The Morgan fingerprint density at radius 3 is 2.78 bits per heavy atom. The van der Waals surface area contributed by atoms with Crippen molar-refractivity contribution in [3.8, 4) is 0 Å². The Bertz CT molecular complexity index is 502. The maximum atomic E-state index is 4.54. The first-order valence-electron chi connectivity index (χ1n) is 5.96. The fraction of sp³-hybridized carbons (Fsp3) is 0.308. The number of nitrogens with one attached hydrogen (secondary N) is 1. The van der Waals surface area contributed by atoms with Gasteiger partial charge >= 0.3 is 0 Å². The van der Waals surface area contributed by atoms with E-state index in [2.05, 4.69) is 27.2 Å². The zero-order chi connectivity index (χ0) is 12.8. The number of rotatable bonds is 5. The van der Waals surface area contributed by atoms with Crippen LogP contribution in [0.2, 0.25) is 0 Å². The summed E-state index contributed by atoms with van der Waals surface area (Å²) in [5.41, 5.74) is 0. The molecule has 0 aromatic carbocycles. The van der Waals surface area contributed by atoms with Crippen molar-refractivity contribution in [2.75, 3.05) is 12.4 Å². The smallest absolute Gasteiger partial charge is 0.132 e. The number of anilines is 1. The molecule has 2 heterocycles. The Morgan fingerprint density at radius 1 is 1.22 bits per heavy atom. The summed E-state index contributed by atoms with van der Waals surface area (Å²) in [7, 11) is 1.87. The van der Waals surface area contributed by atoms with E-state index < -0.39 is 0 Å². The third-order valence-electron chi connectivity index (χ3n) is 2.33. The summed E-state index contributed by atoms with van der Waals surface area (Å²) in [5.74, 6) is 1.73. The zero-order valence-corrected chi connectivity index (χ0v) is 11.4. The second-order valence-corrected chi connectivity index (χ2v) is 4.82. The molecule has 0 aliphatic carbocycles. The molecular formula is C13H16N4S. The third-order valence-corrected chi connectivity index (χ3v) is 3.19. The van der Waals surface area contributed by atoms with Crippen molar-refractivity contribution in [2.24, 2.45) is 0 Å². The van der Waals surface area contributed by atoms with Gasteiger partial charge in [0.2, 0.25) is 0 Å². The summed E-state index contributed by atoms with van der Waals surface area (Å²) in [4.78, 5) is 13.3. The van der Waals surface area contributed by atoms with Gasteiger partial charge in [0.25, 0.3) is 0 Å². The minimum Gasteiger partial charge on any atom is -0.373 e. The lowest BCUT2D eigenvalue weighted by Crippen LogP contribution is -2.01. The van der Waals surface area contributed by atoms with Gasteiger partial charge in [-0.15, -0.1) is 0 Å². The molecule has 2 aromatic rings. The summed E-state index contributed by atoms with van der Waals surface area (Å²) in [6.45, 7) is 2.13. The summed E-state index contributed by atoms with van der Waals surface area (Å²) in [6.07, 6.45) is 3.72. The van der Waals surface area contributed by atoms with Gasteiger partial charge in [-0.05, 0) is 30.3 Å². The van der Waals surface area contributed by atoms with Crippen LogP contribution in [0.3, 0.4) is 0 Å². The average molecular weight is 260 g/mol. The molecule has 0 amide bonds. The second kappa shape index (κ2) is 6.35. The predicted octanol–water partition coefficient (Wildman–Crippen LogP) is 3.02. The molecule has 0 radical (unpaired) electrons. The molecule has 2 aromatic heterocycles. The monoisotopic (exact) mass is 260 g/mol. The second-order valence-electron chi connectivity index (χ2n) is 3.78. The number of hydrogen-bond donors (Lipinski definition) is 1. The number of nitrogens with zero attached hydrogens (tertiary/aromatic N) is 3. The van der Waals surface area contributed by atoms with Crippen molar-refractivity contribution in [3.05, 3.63) is 36.3 Å². The van der Waals surface area contributed by atoms with Gasteiger partial charge in [0.1, 0.15) is 21.7 Å². The van der Waals surface area contributed by atoms with Gasteiger partial charge in [-0.3, -0.25) is 0 Å². The fourth-order valence-corrected chi connectivity index (χ4v) is 2.30. The molecule has 18 heavy (non-hydrogen) atoms. The Morgan fingerprint density at radius 2 is 2.11 bits per heavy atom. The van der Waals surface area contributed by atoms with E-state index in [0.29, 0.717) is 0 Å². The van der Waals surface area contributed by atoms with Crippen molar-refractivity contribution in [1.82, 2.24) is 15.0 Å². The van der Waals surface area contributed by atoms with E-state index in [4.69, 9.17) is 0 Å². The molecule has 0 fully saturated rings. The molecule has 0 bridgehead atoms. The van der Waals surface area contributed by atoms with Gasteiger partial charge in [0.05, 0.1) is 0 Å². The van der Waals surface area contributed by atoms with E-state index in [1.54, 1.807) is 18.0 Å². The normalized spacial score (nSPS) is 10.3. The van der Waals surface area contributed by atoms with Gasteiger partial charge in [-0.1, -0.05) is 13.0 Å². The summed E-state index contributed by atoms with van der Waals surface area (Å²) < 4.78 is 0. The third kappa shape index (κ3) is 3.43. The molecule has 0 saturated carbocycles. The summed E-state index contributed by atoms with van der Waals surface area (Å²) in [5, 5.41) is 4.94. The molecule has 5 heteroatoms. The Balaban J connectivity index is 2.24. The van der Waals surface area contributed by atoms with Crippen LogP contribution in [0.4, 0.5) is 5.82 Å². The number of aryl methyl sites for hydroxylation is 1. The summed E-state index contributed by atoms with van der Waals surface area (Å²) in [6, 6.07) is 7.80. The number of pyridine rings is 1. The van der Waals surface area contributed by atoms with Crippen LogP contribution in [0, 0.1) is 0 Å². The van der Waals surface area contributed by atoms with Gasteiger partial charge in [-0.2, -0.15) is 0 Å². The van der Waals surface area contributed by atoms with Gasteiger partial charge in [0.15, 0.2) is 0 Å². The van der Waals surface area contributed by atoms with Gasteiger partial charge in [-0.25, -0.2) is 15.0 Å². The van der Waals surface area contributed by atoms with Crippen LogP contribution < -0.4 is 5.32 Å². The van der Waals surface area contributed by atoms with Crippen LogP contribution in [-0.2, 0) is 6.42 Å². The first-order valence-corrected chi connectivity index (χ1v) is 6.78.